The van der Waals surface area contributed by atoms with E-state index in [2.05, 4.69) is 16.0 Å². The summed E-state index contributed by atoms with van der Waals surface area (Å²) in [7, 11) is 0. The van der Waals surface area contributed by atoms with Crippen LogP contribution in [-0.2, 0) is 17.8 Å². The lowest BCUT2D eigenvalue weighted by molar-refractivity contribution is -0.119. The van der Waals surface area contributed by atoms with Gasteiger partial charge in [0.25, 0.3) is 0 Å². The van der Waals surface area contributed by atoms with E-state index < -0.39 is 0 Å². The fraction of sp³-hybridized carbons (Fsp3) is 0.214. The number of halogens is 1. The molecular formula is C14H12ClN3O. The largest absolute Gasteiger partial charge is 0.306 e. The van der Waals surface area contributed by atoms with Crippen molar-refractivity contribution in [1.82, 2.24) is 9.97 Å². The lowest BCUT2D eigenvalue weighted by Gasteiger charge is -2.29. The zero-order chi connectivity index (χ0) is 13.2. The number of aryl methyl sites for hydroxylation is 1. The van der Waals surface area contributed by atoms with Gasteiger partial charge in [-0.1, -0.05) is 29.8 Å². The molecule has 1 aromatic heterocycles. The second kappa shape index (κ2) is 4.97. The first kappa shape index (κ1) is 12.1. The zero-order valence-corrected chi connectivity index (χ0v) is 11.0. The summed E-state index contributed by atoms with van der Waals surface area (Å²) >= 11 is 5.71. The molecule has 0 radical (unpaired) electrons. The Balaban J connectivity index is 1.91. The van der Waals surface area contributed by atoms with Gasteiger partial charge in [-0.2, -0.15) is 0 Å². The van der Waals surface area contributed by atoms with Crippen molar-refractivity contribution in [1.29, 1.82) is 0 Å². The Morgan fingerprint density at radius 2 is 2.00 bits per heavy atom. The maximum absolute atomic E-state index is 12.1. The molecule has 1 aliphatic rings. The monoisotopic (exact) mass is 273 g/mol. The number of carbonyl (C=O) groups is 1. The second-order valence-electron chi connectivity index (χ2n) is 4.44. The molecule has 0 bridgehead atoms. The highest BCUT2D eigenvalue weighted by Gasteiger charge is 2.24. The van der Waals surface area contributed by atoms with Gasteiger partial charge in [-0.3, -0.25) is 9.78 Å². The van der Waals surface area contributed by atoms with Crippen LogP contribution in [-0.4, -0.2) is 15.9 Å². The minimum Gasteiger partial charge on any atom is -0.306 e. The van der Waals surface area contributed by atoms with Crippen LogP contribution >= 0.6 is 11.6 Å². The predicted molar refractivity (Wildman–Crippen MR) is 73.0 cm³/mol. The topological polar surface area (TPSA) is 46.1 Å². The van der Waals surface area contributed by atoms with Gasteiger partial charge in [-0.25, -0.2) is 4.98 Å². The lowest BCUT2D eigenvalue weighted by Crippen LogP contribution is -2.34. The summed E-state index contributed by atoms with van der Waals surface area (Å²) in [6, 6.07) is 7.96. The number of aromatic nitrogens is 2. The van der Waals surface area contributed by atoms with Crippen LogP contribution in [0, 0.1) is 0 Å². The number of carbonyl (C=O) groups excluding carboxylic acids is 1. The van der Waals surface area contributed by atoms with Gasteiger partial charge in [0.1, 0.15) is 5.15 Å². The van der Waals surface area contributed by atoms with Crippen molar-refractivity contribution in [2.45, 2.75) is 19.4 Å². The average molecular weight is 274 g/mol. The lowest BCUT2D eigenvalue weighted by atomic mass is 10.0. The molecule has 5 heteroatoms. The van der Waals surface area contributed by atoms with Crippen LogP contribution in [0.5, 0.6) is 0 Å². The molecule has 0 saturated carbocycles. The van der Waals surface area contributed by atoms with Crippen molar-refractivity contribution in [2.75, 3.05) is 4.90 Å². The van der Waals surface area contributed by atoms with E-state index in [4.69, 9.17) is 11.6 Å². The van der Waals surface area contributed by atoms with Crippen LogP contribution in [0.15, 0.2) is 36.7 Å². The highest BCUT2D eigenvalue weighted by Crippen LogP contribution is 2.28. The van der Waals surface area contributed by atoms with Crippen LogP contribution in [0.3, 0.4) is 0 Å². The van der Waals surface area contributed by atoms with E-state index in [9.17, 15) is 4.79 Å². The molecule has 1 amide bonds. The summed E-state index contributed by atoms with van der Waals surface area (Å²) in [4.78, 5) is 22.0. The van der Waals surface area contributed by atoms with E-state index in [0.29, 0.717) is 18.1 Å². The number of rotatable bonds is 2. The molecule has 4 nitrogen and oxygen atoms in total. The first-order valence-electron chi connectivity index (χ1n) is 6.09. The number of benzene rings is 1. The standard InChI is InChI=1S/C14H12ClN3O/c15-13-8-16-11(7-17-13)9-18-12-4-2-1-3-10(12)5-6-14(18)19/h1-4,7-8H,5-6,9H2. The first-order chi connectivity index (χ1) is 9.24. The third-order valence-corrected chi connectivity index (χ3v) is 3.38. The Hall–Kier alpha value is -1.94. The molecule has 0 atom stereocenters. The molecule has 2 heterocycles. The highest BCUT2D eigenvalue weighted by molar-refractivity contribution is 6.29. The van der Waals surface area contributed by atoms with Gasteiger partial charge in [0.2, 0.25) is 5.91 Å². The maximum Gasteiger partial charge on any atom is 0.227 e. The number of fused-ring (bicyclic) bond motifs is 1. The number of nitrogens with zero attached hydrogens (tertiary/aromatic N) is 3. The van der Waals surface area contributed by atoms with Crippen LogP contribution in [0.1, 0.15) is 17.7 Å². The third kappa shape index (κ3) is 2.44. The third-order valence-electron chi connectivity index (χ3n) is 3.19. The molecule has 0 unspecified atom stereocenters. The second-order valence-corrected chi connectivity index (χ2v) is 4.83. The summed E-state index contributed by atoms with van der Waals surface area (Å²) < 4.78 is 0. The summed E-state index contributed by atoms with van der Waals surface area (Å²) in [6.45, 7) is 0.431. The van der Waals surface area contributed by atoms with E-state index >= 15 is 0 Å². The minimum absolute atomic E-state index is 0.121. The first-order valence-corrected chi connectivity index (χ1v) is 6.46. The predicted octanol–water partition coefficient (Wildman–Crippen LogP) is 2.61. The Labute approximate surface area is 116 Å². The highest BCUT2D eigenvalue weighted by atomic mass is 35.5. The maximum atomic E-state index is 12.1. The summed E-state index contributed by atoms with van der Waals surface area (Å²) in [6.07, 6.45) is 4.44. The van der Waals surface area contributed by atoms with Crippen molar-refractivity contribution in [3.05, 3.63) is 53.1 Å². The Kier molecular flexibility index (Phi) is 3.17. The molecule has 1 aliphatic heterocycles. The average Bonchev–Trinajstić information content (AvgIpc) is 2.44. The SMILES string of the molecule is O=C1CCc2ccccc2N1Cc1cnc(Cl)cn1. The summed E-state index contributed by atoms with van der Waals surface area (Å²) in [5, 5.41) is 0.356. The van der Waals surface area contributed by atoms with Gasteiger partial charge in [0.05, 0.1) is 24.6 Å². The van der Waals surface area contributed by atoms with Crippen molar-refractivity contribution in [3.8, 4) is 0 Å². The molecule has 19 heavy (non-hydrogen) atoms. The van der Waals surface area contributed by atoms with Crippen molar-refractivity contribution in [3.63, 3.8) is 0 Å². The molecule has 1 aromatic carbocycles. The van der Waals surface area contributed by atoms with E-state index in [0.717, 1.165) is 17.8 Å². The molecule has 0 spiro atoms. The quantitative estimate of drug-likeness (QED) is 0.845. The number of anilines is 1. The van der Waals surface area contributed by atoms with Crippen LogP contribution in [0.25, 0.3) is 0 Å². The number of hydrogen-bond donors (Lipinski definition) is 0. The van der Waals surface area contributed by atoms with Gasteiger partial charge >= 0.3 is 0 Å². The molecule has 96 valence electrons. The molecule has 2 aromatic rings. The fourth-order valence-electron chi connectivity index (χ4n) is 2.25. The van der Waals surface area contributed by atoms with Crippen molar-refractivity contribution in [2.24, 2.45) is 0 Å². The van der Waals surface area contributed by atoms with E-state index in [1.807, 2.05) is 18.2 Å². The normalized spacial score (nSPS) is 14.4. The summed E-state index contributed by atoms with van der Waals surface area (Å²) in [5.41, 5.74) is 2.90. The van der Waals surface area contributed by atoms with Gasteiger partial charge in [0.15, 0.2) is 0 Å². The zero-order valence-electron chi connectivity index (χ0n) is 10.2. The van der Waals surface area contributed by atoms with Gasteiger partial charge < -0.3 is 4.90 Å². The van der Waals surface area contributed by atoms with Crippen LogP contribution in [0.4, 0.5) is 5.69 Å². The molecular weight excluding hydrogens is 262 g/mol. The minimum atomic E-state index is 0.121. The number of para-hydroxylation sites is 1. The number of hydrogen-bond acceptors (Lipinski definition) is 3. The fourth-order valence-corrected chi connectivity index (χ4v) is 2.35. The molecule has 0 fully saturated rings. The van der Waals surface area contributed by atoms with Gasteiger partial charge in [0, 0.05) is 12.1 Å². The van der Waals surface area contributed by atoms with E-state index in [1.165, 1.54) is 11.8 Å². The Bertz CT molecular complexity index is 612. The molecule has 0 aliphatic carbocycles. The molecule has 0 N–H and O–H groups in total. The smallest absolute Gasteiger partial charge is 0.227 e. The molecule has 3 rings (SSSR count). The Morgan fingerprint density at radius 1 is 1.16 bits per heavy atom. The van der Waals surface area contributed by atoms with Crippen molar-refractivity contribution < 1.29 is 4.79 Å². The van der Waals surface area contributed by atoms with E-state index in [-0.39, 0.29) is 5.91 Å². The Morgan fingerprint density at radius 3 is 2.79 bits per heavy atom. The van der Waals surface area contributed by atoms with Gasteiger partial charge in [-0.05, 0) is 18.1 Å². The molecule has 0 saturated heterocycles. The van der Waals surface area contributed by atoms with Crippen LogP contribution in [0.2, 0.25) is 5.15 Å². The number of amides is 1. The van der Waals surface area contributed by atoms with E-state index in [1.54, 1.807) is 11.1 Å². The van der Waals surface area contributed by atoms with Crippen LogP contribution < -0.4 is 4.90 Å². The summed E-state index contributed by atoms with van der Waals surface area (Å²) in [5.74, 6) is 0.121. The van der Waals surface area contributed by atoms with Gasteiger partial charge in [-0.15, -0.1) is 0 Å². The van der Waals surface area contributed by atoms with Crippen molar-refractivity contribution >= 4 is 23.2 Å².